The Bertz CT molecular complexity index is 447. The van der Waals surface area contributed by atoms with Crippen molar-refractivity contribution in [2.45, 2.75) is 33.6 Å². The van der Waals surface area contributed by atoms with Gasteiger partial charge in [0.25, 0.3) is 0 Å². The first-order chi connectivity index (χ1) is 10.2. The Hall–Kier alpha value is -1.91. The molecule has 0 aliphatic heterocycles. The van der Waals surface area contributed by atoms with Crippen LogP contribution in [0.2, 0.25) is 0 Å². The highest BCUT2D eigenvalue weighted by Crippen LogP contribution is 2.30. The molecule has 1 aromatic rings. The van der Waals surface area contributed by atoms with E-state index in [0.717, 1.165) is 43.3 Å². The topological polar surface area (TPSA) is 54.9 Å². The van der Waals surface area contributed by atoms with E-state index in [1.165, 1.54) is 0 Å². The number of ether oxygens (including phenoxy) is 2. The molecule has 2 N–H and O–H groups in total. The van der Waals surface area contributed by atoms with E-state index in [0.29, 0.717) is 12.4 Å². The molecule has 0 amide bonds. The number of rotatable bonds is 8. The quantitative estimate of drug-likeness (QED) is 0.439. The van der Waals surface area contributed by atoms with E-state index < -0.39 is 0 Å². The summed E-state index contributed by atoms with van der Waals surface area (Å²) in [6.07, 6.45) is 2.23. The lowest BCUT2D eigenvalue weighted by molar-refractivity contribution is 0.311. The van der Waals surface area contributed by atoms with Crippen LogP contribution in [0.15, 0.2) is 23.2 Å². The van der Waals surface area contributed by atoms with Gasteiger partial charge in [0.1, 0.15) is 0 Å². The highest BCUT2D eigenvalue weighted by Gasteiger charge is 2.06. The van der Waals surface area contributed by atoms with Gasteiger partial charge in [0.05, 0.1) is 13.7 Å². The van der Waals surface area contributed by atoms with Crippen molar-refractivity contribution in [1.29, 1.82) is 0 Å². The summed E-state index contributed by atoms with van der Waals surface area (Å²) in [6.45, 7) is 8.43. The second-order valence-corrected chi connectivity index (χ2v) is 4.54. The van der Waals surface area contributed by atoms with Gasteiger partial charge >= 0.3 is 0 Å². The zero-order valence-corrected chi connectivity index (χ0v) is 13.5. The molecule has 0 unspecified atom stereocenters. The largest absolute Gasteiger partial charge is 0.493 e. The lowest BCUT2D eigenvalue weighted by atomic mass is 10.2. The summed E-state index contributed by atoms with van der Waals surface area (Å²) in [5.41, 5.74) is 0.923. The van der Waals surface area contributed by atoms with Crippen molar-refractivity contribution >= 4 is 11.6 Å². The molecule has 0 saturated carbocycles. The zero-order chi connectivity index (χ0) is 15.5. The number of nitrogens with one attached hydrogen (secondary N) is 2. The molecule has 0 aliphatic carbocycles. The van der Waals surface area contributed by atoms with E-state index in [9.17, 15) is 0 Å². The lowest BCUT2D eigenvalue weighted by Crippen LogP contribution is -2.30. The Kier molecular flexibility index (Phi) is 8.09. The number of nitrogens with zero attached hydrogens (tertiary/aromatic N) is 1. The number of unbranched alkanes of at least 4 members (excludes halogenated alkanes) is 1. The molecule has 1 aromatic carbocycles. The van der Waals surface area contributed by atoms with Gasteiger partial charge in [0.2, 0.25) is 0 Å². The second-order valence-electron chi connectivity index (χ2n) is 4.54. The van der Waals surface area contributed by atoms with Crippen LogP contribution < -0.4 is 20.1 Å². The SMILES string of the molecule is CCCCN=C(NCC)Nc1ccc(OCC)c(OC)c1. The summed E-state index contributed by atoms with van der Waals surface area (Å²) in [5, 5.41) is 6.52. The maximum atomic E-state index is 5.52. The lowest BCUT2D eigenvalue weighted by Gasteiger charge is -2.14. The number of aliphatic imine (C=N–C) groups is 1. The number of hydrogen-bond acceptors (Lipinski definition) is 3. The van der Waals surface area contributed by atoms with Crippen LogP contribution >= 0.6 is 0 Å². The van der Waals surface area contributed by atoms with Crippen molar-refractivity contribution in [1.82, 2.24) is 5.32 Å². The van der Waals surface area contributed by atoms with Crippen LogP contribution in [0.3, 0.4) is 0 Å². The molecule has 21 heavy (non-hydrogen) atoms. The maximum absolute atomic E-state index is 5.52. The Morgan fingerprint density at radius 1 is 1.19 bits per heavy atom. The molecule has 0 aromatic heterocycles. The Morgan fingerprint density at radius 3 is 2.62 bits per heavy atom. The number of benzene rings is 1. The third-order valence-corrected chi connectivity index (χ3v) is 2.85. The molecule has 0 atom stereocenters. The molecule has 1 rings (SSSR count). The predicted molar refractivity (Wildman–Crippen MR) is 88.7 cm³/mol. The first-order valence-electron chi connectivity index (χ1n) is 7.61. The summed E-state index contributed by atoms with van der Waals surface area (Å²) in [6, 6.07) is 5.78. The summed E-state index contributed by atoms with van der Waals surface area (Å²) in [5.74, 6) is 2.25. The number of anilines is 1. The Labute approximate surface area is 127 Å². The molecule has 0 heterocycles. The van der Waals surface area contributed by atoms with Gasteiger partial charge in [-0.2, -0.15) is 0 Å². The van der Waals surface area contributed by atoms with Gasteiger partial charge in [-0.3, -0.25) is 4.99 Å². The maximum Gasteiger partial charge on any atom is 0.195 e. The second kappa shape index (κ2) is 9.91. The third-order valence-electron chi connectivity index (χ3n) is 2.85. The number of methoxy groups -OCH3 is 1. The van der Waals surface area contributed by atoms with Gasteiger partial charge < -0.3 is 20.1 Å². The fraction of sp³-hybridized carbons (Fsp3) is 0.562. The summed E-state index contributed by atoms with van der Waals surface area (Å²) in [4.78, 5) is 4.54. The molecule has 0 bridgehead atoms. The van der Waals surface area contributed by atoms with Crippen LogP contribution in [0.25, 0.3) is 0 Å². The predicted octanol–water partition coefficient (Wildman–Crippen LogP) is 3.27. The third kappa shape index (κ3) is 5.94. The van der Waals surface area contributed by atoms with Gasteiger partial charge in [-0.25, -0.2) is 0 Å². The van der Waals surface area contributed by atoms with Crippen LogP contribution in [-0.2, 0) is 0 Å². The fourth-order valence-corrected chi connectivity index (χ4v) is 1.81. The van der Waals surface area contributed by atoms with Crippen LogP contribution in [0.4, 0.5) is 5.69 Å². The molecule has 0 fully saturated rings. The van der Waals surface area contributed by atoms with E-state index in [2.05, 4.69) is 29.5 Å². The normalized spacial score (nSPS) is 11.1. The van der Waals surface area contributed by atoms with Gasteiger partial charge in [-0.15, -0.1) is 0 Å². The van der Waals surface area contributed by atoms with Gasteiger partial charge in [-0.05, 0) is 32.4 Å². The average Bonchev–Trinajstić information content (AvgIpc) is 2.49. The number of hydrogen-bond donors (Lipinski definition) is 2. The zero-order valence-electron chi connectivity index (χ0n) is 13.5. The molecular weight excluding hydrogens is 266 g/mol. The van der Waals surface area contributed by atoms with E-state index in [-0.39, 0.29) is 0 Å². The van der Waals surface area contributed by atoms with Crippen molar-refractivity contribution in [2.24, 2.45) is 4.99 Å². The van der Waals surface area contributed by atoms with Crippen LogP contribution in [0, 0.1) is 0 Å². The molecule has 0 spiro atoms. The van der Waals surface area contributed by atoms with Crippen molar-refractivity contribution in [2.75, 3.05) is 32.1 Å². The minimum atomic E-state index is 0.615. The monoisotopic (exact) mass is 293 g/mol. The molecule has 0 radical (unpaired) electrons. The van der Waals surface area contributed by atoms with E-state index in [1.807, 2.05) is 25.1 Å². The van der Waals surface area contributed by atoms with Crippen LogP contribution in [0.5, 0.6) is 11.5 Å². The number of guanidine groups is 1. The van der Waals surface area contributed by atoms with E-state index in [4.69, 9.17) is 9.47 Å². The van der Waals surface area contributed by atoms with Crippen molar-refractivity contribution in [3.8, 4) is 11.5 Å². The molecular formula is C16H27N3O2. The van der Waals surface area contributed by atoms with Crippen molar-refractivity contribution < 1.29 is 9.47 Å². The van der Waals surface area contributed by atoms with E-state index in [1.54, 1.807) is 7.11 Å². The van der Waals surface area contributed by atoms with Crippen molar-refractivity contribution in [3.05, 3.63) is 18.2 Å². The average molecular weight is 293 g/mol. The molecule has 0 aliphatic rings. The summed E-state index contributed by atoms with van der Waals surface area (Å²) in [7, 11) is 1.64. The van der Waals surface area contributed by atoms with E-state index >= 15 is 0 Å². The molecule has 118 valence electrons. The first kappa shape index (κ1) is 17.1. The molecule has 5 nitrogen and oxygen atoms in total. The van der Waals surface area contributed by atoms with Crippen LogP contribution in [0.1, 0.15) is 33.6 Å². The molecule has 0 saturated heterocycles. The highest BCUT2D eigenvalue weighted by molar-refractivity contribution is 5.93. The summed E-state index contributed by atoms with van der Waals surface area (Å²) < 4.78 is 10.9. The Balaban J connectivity index is 2.80. The molecule has 5 heteroatoms. The smallest absolute Gasteiger partial charge is 0.195 e. The first-order valence-corrected chi connectivity index (χ1v) is 7.61. The van der Waals surface area contributed by atoms with Crippen molar-refractivity contribution in [3.63, 3.8) is 0 Å². The standard InChI is InChI=1S/C16H27N3O2/c1-5-8-11-18-16(17-6-2)19-13-9-10-14(21-7-3)15(12-13)20-4/h9-10,12H,5-8,11H2,1-4H3,(H2,17,18,19). The minimum Gasteiger partial charge on any atom is -0.493 e. The van der Waals surface area contributed by atoms with Gasteiger partial charge in [0, 0.05) is 24.8 Å². The van der Waals surface area contributed by atoms with Gasteiger partial charge in [-0.1, -0.05) is 13.3 Å². The Morgan fingerprint density at radius 2 is 2.00 bits per heavy atom. The highest BCUT2D eigenvalue weighted by atomic mass is 16.5. The van der Waals surface area contributed by atoms with Crippen LogP contribution in [-0.4, -0.2) is 32.8 Å². The van der Waals surface area contributed by atoms with Gasteiger partial charge in [0.15, 0.2) is 17.5 Å². The summed E-state index contributed by atoms with van der Waals surface area (Å²) >= 11 is 0. The fourth-order valence-electron chi connectivity index (χ4n) is 1.81. The minimum absolute atomic E-state index is 0.615.